The highest BCUT2D eigenvalue weighted by Crippen LogP contribution is 2.23. The maximum Gasteiger partial charge on any atom is 0.248 e. The highest BCUT2D eigenvalue weighted by Gasteiger charge is 2.11. The van der Waals surface area contributed by atoms with Crippen molar-refractivity contribution in [2.24, 2.45) is 0 Å². The van der Waals surface area contributed by atoms with Crippen LogP contribution in [0.4, 0.5) is 5.69 Å². The third-order valence-corrected chi connectivity index (χ3v) is 3.75. The Labute approximate surface area is 146 Å². The van der Waals surface area contributed by atoms with Crippen molar-refractivity contribution < 1.29 is 9.53 Å². The average molecular weight is 388 g/mol. The Morgan fingerprint density at radius 2 is 1.96 bits per heavy atom. The average Bonchev–Trinajstić information content (AvgIpc) is 3.04. The zero-order chi connectivity index (χ0) is 16.9. The lowest BCUT2D eigenvalue weighted by Gasteiger charge is -2.09. The highest BCUT2D eigenvalue weighted by atomic mass is 79.9. The molecule has 3 aromatic rings. The molecule has 24 heavy (non-hydrogen) atoms. The Bertz CT molecular complexity index is 848. The number of tetrazole rings is 1. The summed E-state index contributed by atoms with van der Waals surface area (Å²) in [5.74, 6) is 0.791. The van der Waals surface area contributed by atoms with Crippen molar-refractivity contribution in [3.63, 3.8) is 0 Å². The third kappa shape index (κ3) is 3.77. The van der Waals surface area contributed by atoms with E-state index in [1.165, 1.54) is 4.80 Å². The molecule has 0 saturated heterocycles. The van der Waals surface area contributed by atoms with Gasteiger partial charge in [-0.15, -0.1) is 10.2 Å². The summed E-state index contributed by atoms with van der Waals surface area (Å²) in [7, 11) is 1.55. The largest absolute Gasteiger partial charge is 0.495 e. The molecule has 0 aliphatic rings. The molecule has 7 nitrogen and oxygen atoms in total. The number of aromatic nitrogens is 4. The minimum atomic E-state index is -0.265. The van der Waals surface area contributed by atoms with Gasteiger partial charge in [0.15, 0.2) is 0 Å². The van der Waals surface area contributed by atoms with E-state index in [1.807, 2.05) is 36.4 Å². The number of anilines is 1. The van der Waals surface area contributed by atoms with Gasteiger partial charge >= 0.3 is 0 Å². The Kier molecular flexibility index (Phi) is 4.85. The first kappa shape index (κ1) is 16.1. The van der Waals surface area contributed by atoms with Crippen molar-refractivity contribution in [3.05, 3.63) is 53.0 Å². The van der Waals surface area contributed by atoms with E-state index in [0.717, 1.165) is 10.0 Å². The number of nitrogens with one attached hydrogen (secondary N) is 1. The molecule has 0 saturated carbocycles. The number of carbonyl (C=O) groups is 1. The second kappa shape index (κ2) is 7.22. The minimum Gasteiger partial charge on any atom is -0.495 e. The Morgan fingerprint density at radius 3 is 2.71 bits per heavy atom. The summed E-state index contributed by atoms with van der Waals surface area (Å²) >= 11 is 3.37. The number of nitrogens with zero attached hydrogens (tertiary/aromatic N) is 4. The molecular weight excluding hydrogens is 374 g/mol. The normalized spacial score (nSPS) is 10.4. The summed E-state index contributed by atoms with van der Waals surface area (Å²) in [6.07, 6.45) is 0. The van der Waals surface area contributed by atoms with Gasteiger partial charge in [-0.25, -0.2) is 0 Å². The van der Waals surface area contributed by atoms with E-state index < -0.39 is 0 Å². The van der Waals surface area contributed by atoms with E-state index in [-0.39, 0.29) is 12.5 Å². The number of hydrogen-bond donors (Lipinski definition) is 1. The maximum atomic E-state index is 12.1. The van der Waals surface area contributed by atoms with Crippen molar-refractivity contribution >= 4 is 27.5 Å². The lowest BCUT2D eigenvalue weighted by molar-refractivity contribution is -0.117. The number of rotatable bonds is 5. The zero-order valence-electron chi connectivity index (χ0n) is 12.8. The van der Waals surface area contributed by atoms with Gasteiger partial charge in [0.05, 0.1) is 12.8 Å². The van der Waals surface area contributed by atoms with E-state index in [9.17, 15) is 4.79 Å². The standard InChI is InChI=1S/C16H14BrN5O2/c1-24-14-5-3-2-4-13(14)18-15(23)10-22-20-16(19-21-22)11-6-8-12(17)9-7-11/h2-9H,10H2,1H3,(H,18,23). The predicted molar refractivity (Wildman–Crippen MR) is 92.6 cm³/mol. The summed E-state index contributed by atoms with van der Waals surface area (Å²) in [5.41, 5.74) is 1.42. The lowest BCUT2D eigenvalue weighted by atomic mass is 10.2. The van der Waals surface area contributed by atoms with Crippen LogP contribution in [0, 0.1) is 0 Å². The van der Waals surface area contributed by atoms with E-state index in [4.69, 9.17) is 4.74 Å². The summed E-state index contributed by atoms with van der Waals surface area (Å²) < 4.78 is 6.17. The van der Waals surface area contributed by atoms with Gasteiger partial charge in [-0.2, -0.15) is 4.80 Å². The number of hydrogen-bond acceptors (Lipinski definition) is 5. The second-order valence-corrected chi connectivity index (χ2v) is 5.81. The molecule has 8 heteroatoms. The van der Waals surface area contributed by atoms with Crippen LogP contribution >= 0.6 is 15.9 Å². The van der Waals surface area contributed by atoms with Crippen LogP contribution in [0.3, 0.4) is 0 Å². The third-order valence-electron chi connectivity index (χ3n) is 3.22. The molecule has 1 aromatic heterocycles. The van der Waals surface area contributed by atoms with Crippen LogP contribution in [0.15, 0.2) is 53.0 Å². The van der Waals surface area contributed by atoms with Gasteiger partial charge in [-0.3, -0.25) is 4.79 Å². The van der Waals surface area contributed by atoms with Gasteiger partial charge in [0.1, 0.15) is 12.3 Å². The first-order valence-corrected chi connectivity index (χ1v) is 7.91. The van der Waals surface area contributed by atoms with E-state index in [1.54, 1.807) is 19.2 Å². The zero-order valence-corrected chi connectivity index (χ0v) is 14.4. The van der Waals surface area contributed by atoms with Crippen molar-refractivity contribution in [2.75, 3.05) is 12.4 Å². The van der Waals surface area contributed by atoms with Gasteiger partial charge in [-0.05, 0) is 41.6 Å². The molecule has 3 rings (SSSR count). The first-order chi connectivity index (χ1) is 11.7. The Balaban J connectivity index is 1.68. The lowest BCUT2D eigenvalue weighted by Crippen LogP contribution is -2.20. The Hall–Kier alpha value is -2.74. The molecule has 0 unspecified atom stereocenters. The molecule has 0 radical (unpaired) electrons. The number of ether oxygens (including phenoxy) is 1. The quantitative estimate of drug-likeness (QED) is 0.727. The maximum absolute atomic E-state index is 12.1. The Morgan fingerprint density at radius 1 is 1.21 bits per heavy atom. The molecule has 2 aromatic carbocycles. The molecule has 0 atom stereocenters. The molecule has 1 heterocycles. The highest BCUT2D eigenvalue weighted by molar-refractivity contribution is 9.10. The van der Waals surface area contributed by atoms with Crippen molar-refractivity contribution in [1.29, 1.82) is 0 Å². The van der Waals surface area contributed by atoms with Crippen LogP contribution in [0.2, 0.25) is 0 Å². The number of amides is 1. The SMILES string of the molecule is COc1ccccc1NC(=O)Cn1nnc(-c2ccc(Br)cc2)n1. The fourth-order valence-electron chi connectivity index (χ4n) is 2.09. The van der Waals surface area contributed by atoms with Gasteiger partial charge < -0.3 is 10.1 Å². The molecule has 1 amide bonds. The summed E-state index contributed by atoms with van der Waals surface area (Å²) in [6.45, 7) is -0.0401. The van der Waals surface area contributed by atoms with Crippen molar-refractivity contribution in [3.8, 4) is 17.1 Å². The van der Waals surface area contributed by atoms with Gasteiger partial charge in [0, 0.05) is 10.0 Å². The molecule has 0 fully saturated rings. The smallest absolute Gasteiger partial charge is 0.248 e. The van der Waals surface area contributed by atoms with Crippen LogP contribution in [-0.4, -0.2) is 33.2 Å². The van der Waals surface area contributed by atoms with Gasteiger partial charge in [0.25, 0.3) is 0 Å². The second-order valence-electron chi connectivity index (χ2n) is 4.90. The van der Waals surface area contributed by atoms with E-state index in [2.05, 4.69) is 36.7 Å². The van der Waals surface area contributed by atoms with Crippen molar-refractivity contribution in [1.82, 2.24) is 20.2 Å². The van der Waals surface area contributed by atoms with Crippen molar-refractivity contribution in [2.45, 2.75) is 6.54 Å². The van der Waals surface area contributed by atoms with E-state index >= 15 is 0 Å². The topological polar surface area (TPSA) is 81.9 Å². The van der Waals surface area contributed by atoms with Crippen LogP contribution in [0.1, 0.15) is 0 Å². The van der Waals surface area contributed by atoms with Crippen LogP contribution < -0.4 is 10.1 Å². The predicted octanol–water partition coefficient (Wildman–Crippen LogP) is 2.75. The monoisotopic (exact) mass is 387 g/mol. The summed E-state index contributed by atoms with van der Waals surface area (Å²) in [5, 5.41) is 14.9. The van der Waals surface area contributed by atoms with Crippen LogP contribution in [-0.2, 0) is 11.3 Å². The summed E-state index contributed by atoms with van der Waals surface area (Å²) in [6, 6.07) is 14.7. The minimum absolute atomic E-state index is 0.0401. The molecule has 0 bridgehead atoms. The molecule has 1 N–H and O–H groups in total. The number of benzene rings is 2. The number of carbonyl (C=O) groups excluding carboxylic acids is 1. The number of para-hydroxylation sites is 2. The first-order valence-electron chi connectivity index (χ1n) is 7.12. The van der Waals surface area contributed by atoms with E-state index in [0.29, 0.717) is 17.3 Å². The molecule has 122 valence electrons. The fourth-order valence-corrected chi connectivity index (χ4v) is 2.36. The summed E-state index contributed by atoms with van der Waals surface area (Å²) in [4.78, 5) is 13.4. The number of methoxy groups -OCH3 is 1. The number of halogens is 1. The van der Waals surface area contributed by atoms with Crippen LogP contribution in [0.5, 0.6) is 5.75 Å². The molecule has 0 spiro atoms. The fraction of sp³-hybridized carbons (Fsp3) is 0.125. The van der Waals surface area contributed by atoms with Crippen LogP contribution in [0.25, 0.3) is 11.4 Å². The molecule has 0 aliphatic carbocycles. The molecular formula is C16H14BrN5O2. The van der Waals surface area contributed by atoms with Gasteiger partial charge in [-0.1, -0.05) is 28.1 Å². The van der Waals surface area contributed by atoms with Gasteiger partial charge in [0.2, 0.25) is 11.7 Å². The molecule has 0 aliphatic heterocycles.